The van der Waals surface area contributed by atoms with Crippen molar-refractivity contribution in [1.82, 2.24) is 9.71 Å². The van der Waals surface area contributed by atoms with Crippen LogP contribution in [-0.4, -0.2) is 31.7 Å². The number of sulfonamides is 1. The lowest BCUT2D eigenvalue weighted by Gasteiger charge is -2.13. The summed E-state index contributed by atoms with van der Waals surface area (Å²) in [6.07, 6.45) is 3.53. The van der Waals surface area contributed by atoms with Crippen LogP contribution in [0.5, 0.6) is 0 Å². The Balaban J connectivity index is 1.60. The quantitative estimate of drug-likeness (QED) is 0.563. The molecule has 33 heavy (non-hydrogen) atoms. The Morgan fingerprint density at radius 1 is 1.00 bits per heavy atom. The van der Waals surface area contributed by atoms with E-state index >= 15 is 0 Å². The number of rotatable bonds is 5. The van der Waals surface area contributed by atoms with Crippen molar-refractivity contribution < 1.29 is 13.2 Å². The number of pyridine rings is 1. The Bertz CT molecular complexity index is 1320. The van der Waals surface area contributed by atoms with E-state index in [2.05, 4.69) is 20.0 Å². The molecule has 1 aromatic heterocycles. The average Bonchev–Trinajstić information content (AvgIpc) is 3.06. The van der Waals surface area contributed by atoms with E-state index in [1.807, 2.05) is 38.1 Å². The van der Waals surface area contributed by atoms with Crippen molar-refractivity contribution in [2.24, 2.45) is 4.99 Å². The number of hydrogen-bond acceptors (Lipinski definition) is 5. The molecule has 1 aliphatic heterocycles. The summed E-state index contributed by atoms with van der Waals surface area (Å²) in [5.74, 6) is 0.338. The van der Waals surface area contributed by atoms with Crippen LogP contribution in [0.15, 0.2) is 64.5 Å². The molecule has 2 aromatic carbocycles. The molecule has 172 valence electrons. The number of amidine groups is 1. The SMILES string of the molecule is CC(C)c1cc(C(=O)Nc2cccc(S(=O)(=O)NC3=NCCCCC3)c2)c2ccccc2n1. The average molecular weight is 465 g/mol. The van der Waals surface area contributed by atoms with E-state index in [1.165, 1.54) is 12.1 Å². The molecule has 4 rings (SSSR count). The number of fused-ring (bicyclic) bond motifs is 1. The molecule has 0 aliphatic carbocycles. The maximum Gasteiger partial charge on any atom is 0.262 e. The lowest BCUT2D eigenvalue weighted by molar-refractivity contribution is 0.102. The Morgan fingerprint density at radius 3 is 2.64 bits per heavy atom. The molecule has 0 fully saturated rings. The predicted octanol–water partition coefficient (Wildman–Crippen LogP) is 4.86. The first kappa shape index (κ1) is 22.9. The summed E-state index contributed by atoms with van der Waals surface area (Å²) in [6, 6.07) is 15.6. The minimum absolute atomic E-state index is 0.0784. The first-order valence-corrected chi connectivity index (χ1v) is 12.7. The highest BCUT2D eigenvalue weighted by atomic mass is 32.2. The van der Waals surface area contributed by atoms with Crippen molar-refractivity contribution in [2.45, 2.75) is 50.3 Å². The van der Waals surface area contributed by atoms with Crippen molar-refractivity contribution >= 4 is 38.4 Å². The summed E-state index contributed by atoms with van der Waals surface area (Å²) in [6.45, 7) is 4.68. The molecule has 1 aliphatic rings. The molecule has 0 saturated carbocycles. The number of anilines is 1. The van der Waals surface area contributed by atoms with Crippen molar-refractivity contribution in [3.63, 3.8) is 0 Å². The van der Waals surface area contributed by atoms with Gasteiger partial charge in [-0.1, -0.05) is 44.5 Å². The van der Waals surface area contributed by atoms with Gasteiger partial charge >= 0.3 is 0 Å². The van der Waals surface area contributed by atoms with E-state index in [1.54, 1.807) is 18.2 Å². The van der Waals surface area contributed by atoms with E-state index < -0.39 is 10.0 Å². The largest absolute Gasteiger partial charge is 0.322 e. The van der Waals surface area contributed by atoms with Crippen LogP contribution in [-0.2, 0) is 10.0 Å². The van der Waals surface area contributed by atoms with Crippen LogP contribution in [0.3, 0.4) is 0 Å². The van der Waals surface area contributed by atoms with Gasteiger partial charge in [-0.05, 0) is 49.1 Å². The molecule has 0 bridgehead atoms. The number of hydrogen-bond donors (Lipinski definition) is 2. The van der Waals surface area contributed by atoms with Crippen molar-refractivity contribution in [1.29, 1.82) is 0 Å². The number of nitrogens with zero attached hydrogens (tertiary/aromatic N) is 2. The molecule has 0 saturated heterocycles. The monoisotopic (exact) mass is 464 g/mol. The lowest BCUT2D eigenvalue weighted by Crippen LogP contribution is -2.30. The van der Waals surface area contributed by atoms with Crippen LogP contribution in [0, 0.1) is 0 Å². The van der Waals surface area contributed by atoms with E-state index in [0.717, 1.165) is 35.9 Å². The number of nitrogens with one attached hydrogen (secondary N) is 2. The fraction of sp³-hybridized carbons (Fsp3) is 0.320. The normalized spacial score (nSPS) is 14.6. The summed E-state index contributed by atoms with van der Waals surface area (Å²) in [5.41, 5.74) is 2.48. The number of aromatic nitrogens is 1. The molecule has 0 unspecified atom stereocenters. The molecule has 7 nitrogen and oxygen atoms in total. The molecule has 2 heterocycles. The van der Waals surface area contributed by atoms with E-state index in [4.69, 9.17) is 0 Å². The molecular formula is C25H28N4O3S. The number of amides is 1. The fourth-order valence-electron chi connectivity index (χ4n) is 3.79. The number of benzene rings is 2. The van der Waals surface area contributed by atoms with Gasteiger partial charge < -0.3 is 5.32 Å². The Labute approximate surface area is 194 Å². The van der Waals surface area contributed by atoms with Gasteiger partial charge in [0.05, 0.1) is 16.0 Å². The second-order valence-corrected chi connectivity index (χ2v) is 10.2. The van der Waals surface area contributed by atoms with E-state index in [9.17, 15) is 13.2 Å². The van der Waals surface area contributed by atoms with Gasteiger partial charge in [0.15, 0.2) is 0 Å². The molecule has 8 heteroatoms. The first-order chi connectivity index (χ1) is 15.8. The van der Waals surface area contributed by atoms with Gasteiger partial charge in [0.25, 0.3) is 15.9 Å². The number of aliphatic imine (C=N–C) groups is 1. The van der Waals surface area contributed by atoms with Crippen LogP contribution < -0.4 is 10.0 Å². The lowest BCUT2D eigenvalue weighted by atomic mass is 10.0. The Morgan fingerprint density at radius 2 is 1.82 bits per heavy atom. The number of carbonyl (C=O) groups excluding carboxylic acids is 1. The predicted molar refractivity (Wildman–Crippen MR) is 131 cm³/mol. The fourth-order valence-corrected chi connectivity index (χ4v) is 4.92. The number of para-hydroxylation sites is 1. The standard InChI is InChI=1S/C25H28N4O3S/c1-17(2)23-16-21(20-11-5-6-12-22(20)28-23)25(30)27-18-9-8-10-19(15-18)33(31,32)29-24-13-4-3-7-14-26-24/h5-6,8-12,15-17H,3-4,7,13-14H2,1-2H3,(H,26,29)(H,27,30). The van der Waals surface area contributed by atoms with Gasteiger partial charge in [-0.25, -0.2) is 8.42 Å². The van der Waals surface area contributed by atoms with Gasteiger partial charge in [0, 0.05) is 29.7 Å². The summed E-state index contributed by atoms with van der Waals surface area (Å²) >= 11 is 0. The minimum Gasteiger partial charge on any atom is -0.322 e. The molecular weight excluding hydrogens is 436 g/mol. The van der Waals surface area contributed by atoms with Crippen LogP contribution in [0.1, 0.15) is 61.5 Å². The zero-order valence-corrected chi connectivity index (χ0v) is 19.7. The van der Waals surface area contributed by atoms with Gasteiger partial charge in [0.1, 0.15) is 5.84 Å². The van der Waals surface area contributed by atoms with Crippen molar-refractivity contribution in [2.75, 3.05) is 11.9 Å². The molecule has 2 N–H and O–H groups in total. The highest BCUT2D eigenvalue weighted by Crippen LogP contribution is 2.24. The summed E-state index contributed by atoms with van der Waals surface area (Å²) in [7, 11) is -3.79. The van der Waals surface area contributed by atoms with Gasteiger partial charge in [-0.3, -0.25) is 19.5 Å². The zero-order valence-electron chi connectivity index (χ0n) is 18.8. The van der Waals surface area contributed by atoms with Crippen molar-refractivity contribution in [3.05, 3.63) is 65.9 Å². The number of carbonyl (C=O) groups is 1. The van der Waals surface area contributed by atoms with E-state index in [-0.39, 0.29) is 16.7 Å². The molecule has 1 amide bonds. The Kier molecular flexibility index (Phi) is 6.74. The topological polar surface area (TPSA) is 101 Å². The molecule has 3 aromatic rings. The van der Waals surface area contributed by atoms with Crippen molar-refractivity contribution in [3.8, 4) is 0 Å². The zero-order chi connectivity index (χ0) is 23.4. The Hall–Kier alpha value is -3.26. The summed E-state index contributed by atoms with van der Waals surface area (Å²) in [4.78, 5) is 22.3. The second kappa shape index (κ2) is 9.70. The second-order valence-electron chi connectivity index (χ2n) is 8.49. The molecule has 0 atom stereocenters. The maximum absolute atomic E-state index is 13.2. The van der Waals surface area contributed by atoms with Crippen LogP contribution in [0.4, 0.5) is 5.69 Å². The highest BCUT2D eigenvalue weighted by Gasteiger charge is 2.19. The van der Waals surface area contributed by atoms with E-state index in [0.29, 0.717) is 30.1 Å². The summed E-state index contributed by atoms with van der Waals surface area (Å²) in [5, 5.41) is 3.60. The molecule has 0 radical (unpaired) electrons. The smallest absolute Gasteiger partial charge is 0.262 e. The maximum atomic E-state index is 13.2. The molecule has 0 spiro atoms. The summed E-state index contributed by atoms with van der Waals surface area (Å²) < 4.78 is 28.4. The first-order valence-electron chi connectivity index (χ1n) is 11.2. The highest BCUT2D eigenvalue weighted by molar-refractivity contribution is 7.90. The third-order valence-electron chi connectivity index (χ3n) is 5.60. The van der Waals surface area contributed by atoms with Gasteiger partial charge in [-0.2, -0.15) is 0 Å². The van der Waals surface area contributed by atoms with Crippen LogP contribution in [0.2, 0.25) is 0 Å². The van der Waals surface area contributed by atoms with Gasteiger partial charge in [0.2, 0.25) is 0 Å². The van der Waals surface area contributed by atoms with Gasteiger partial charge in [-0.15, -0.1) is 0 Å². The third-order valence-corrected chi connectivity index (χ3v) is 6.98. The van der Waals surface area contributed by atoms with Crippen LogP contribution >= 0.6 is 0 Å². The third kappa shape index (κ3) is 5.39. The van der Waals surface area contributed by atoms with Crippen LogP contribution in [0.25, 0.3) is 10.9 Å². The minimum atomic E-state index is -3.79.